The molecule has 3 nitrogen and oxygen atoms in total. The summed E-state index contributed by atoms with van der Waals surface area (Å²) in [5.41, 5.74) is 0. The maximum absolute atomic E-state index is 5.46. The highest BCUT2D eigenvalue weighted by Gasteiger charge is 1.94. The Morgan fingerprint density at radius 3 is 2.31 bits per heavy atom. The molecule has 1 aromatic carbocycles. The zero-order valence-corrected chi connectivity index (χ0v) is 8.12. The molecule has 0 atom stereocenters. The van der Waals surface area contributed by atoms with Crippen LogP contribution in [0.2, 0.25) is 0 Å². The Hall–Kier alpha value is -1.22. The van der Waals surface area contributed by atoms with E-state index in [0.29, 0.717) is 0 Å². The van der Waals surface area contributed by atoms with Crippen LogP contribution >= 0.6 is 0 Å². The second kappa shape index (κ2) is 5.43. The van der Waals surface area contributed by atoms with Gasteiger partial charge in [0, 0.05) is 0 Å². The Bertz CT molecular complexity index is 233. The molecule has 0 heterocycles. The molecule has 0 unspecified atom stereocenters. The van der Waals surface area contributed by atoms with Gasteiger partial charge in [0.25, 0.3) is 0 Å². The molecule has 1 rings (SSSR count). The van der Waals surface area contributed by atoms with Crippen LogP contribution in [-0.4, -0.2) is 27.3 Å². The number of methoxy groups -OCH3 is 1. The summed E-state index contributed by atoms with van der Waals surface area (Å²) >= 11 is 0. The third-order valence-corrected chi connectivity index (χ3v) is 1.73. The standard InChI is InChI=1S/C10H15NO2/c1-11-7-8-13-10-5-3-9(12-2)4-6-10/h3-6,11H,7-8H2,1-2H3/p+1. The fourth-order valence-corrected chi connectivity index (χ4v) is 0.967. The first-order valence-corrected chi connectivity index (χ1v) is 4.41. The Kier molecular flexibility index (Phi) is 4.12. The van der Waals surface area contributed by atoms with Crippen molar-refractivity contribution in [2.45, 2.75) is 0 Å². The molecule has 3 heteroatoms. The molecule has 0 amide bonds. The van der Waals surface area contributed by atoms with Crippen LogP contribution in [0, 0.1) is 0 Å². The highest BCUT2D eigenvalue weighted by molar-refractivity contribution is 5.30. The molecule has 0 fully saturated rings. The van der Waals surface area contributed by atoms with Gasteiger partial charge in [-0.1, -0.05) is 0 Å². The van der Waals surface area contributed by atoms with Crippen LogP contribution in [0.1, 0.15) is 0 Å². The highest BCUT2D eigenvalue weighted by Crippen LogP contribution is 2.16. The maximum atomic E-state index is 5.46. The number of hydrogen-bond donors (Lipinski definition) is 1. The molecule has 13 heavy (non-hydrogen) atoms. The van der Waals surface area contributed by atoms with Crippen LogP contribution < -0.4 is 14.8 Å². The van der Waals surface area contributed by atoms with E-state index in [9.17, 15) is 0 Å². The number of quaternary nitrogens is 1. The Labute approximate surface area is 78.7 Å². The van der Waals surface area contributed by atoms with Crippen molar-refractivity contribution in [1.29, 1.82) is 0 Å². The first-order valence-electron chi connectivity index (χ1n) is 4.41. The van der Waals surface area contributed by atoms with Crippen LogP contribution in [-0.2, 0) is 0 Å². The summed E-state index contributed by atoms with van der Waals surface area (Å²) in [6.45, 7) is 1.72. The van der Waals surface area contributed by atoms with E-state index in [1.165, 1.54) is 0 Å². The molecule has 0 aliphatic carbocycles. The molecule has 0 bridgehead atoms. The van der Waals surface area contributed by atoms with Gasteiger partial charge in [-0.15, -0.1) is 0 Å². The molecule has 0 aliphatic rings. The number of likely N-dealkylation sites (N-methyl/N-ethyl adjacent to an activating group) is 1. The SMILES string of the molecule is C[NH2+]CCOc1ccc(OC)cc1. The van der Waals surface area contributed by atoms with Crippen LogP contribution in [0.3, 0.4) is 0 Å². The van der Waals surface area contributed by atoms with Crippen molar-refractivity contribution >= 4 is 0 Å². The lowest BCUT2D eigenvalue weighted by Gasteiger charge is -2.04. The van der Waals surface area contributed by atoms with E-state index in [1.54, 1.807) is 7.11 Å². The van der Waals surface area contributed by atoms with Gasteiger partial charge in [0.05, 0.1) is 14.2 Å². The van der Waals surface area contributed by atoms with Crippen molar-refractivity contribution in [2.24, 2.45) is 0 Å². The van der Waals surface area contributed by atoms with Crippen LogP contribution in [0.5, 0.6) is 11.5 Å². The number of hydrogen-bond acceptors (Lipinski definition) is 2. The lowest BCUT2D eigenvalue weighted by atomic mass is 10.3. The molecule has 0 aromatic heterocycles. The van der Waals surface area contributed by atoms with Crippen molar-refractivity contribution in [2.75, 3.05) is 27.3 Å². The van der Waals surface area contributed by atoms with Gasteiger partial charge in [-0.3, -0.25) is 0 Å². The fourth-order valence-electron chi connectivity index (χ4n) is 0.967. The van der Waals surface area contributed by atoms with E-state index in [0.717, 1.165) is 24.7 Å². The Balaban J connectivity index is 2.40. The van der Waals surface area contributed by atoms with Crippen molar-refractivity contribution in [3.05, 3.63) is 24.3 Å². The molecule has 0 aliphatic heterocycles. The average Bonchev–Trinajstić information content (AvgIpc) is 2.19. The zero-order chi connectivity index (χ0) is 9.52. The van der Waals surface area contributed by atoms with E-state index >= 15 is 0 Å². The summed E-state index contributed by atoms with van der Waals surface area (Å²) < 4.78 is 10.5. The molecule has 0 spiro atoms. The minimum atomic E-state index is 0.739. The third kappa shape index (κ3) is 3.34. The molecule has 0 saturated heterocycles. The smallest absolute Gasteiger partial charge is 0.137 e. The van der Waals surface area contributed by atoms with Gasteiger partial charge in [-0.25, -0.2) is 0 Å². The van der Waals surface area contributed by atoms with Gasteiger partial charge in [-0.2, -0.15) is 0 Å². The summed E-state index contributed by atoms with van der Waals surface area (Å²) in [6.07, 6.45) is 0. The predicted molar refractivity (Wildman–Crippen MR) is 51.2 cm³/mol. The van der Waals surface area contributed by atoms with E-state index in [1.807, 2.05) is 31.3 Å². The van der Waals surface area contributed by atoms with Gasteiger partial charge in [0.1, 0.15) is 24.7 Å². The van der Waals surface area contributed by atoms with Gasteiger partial charge >= 0.3 is 0 Å². The minimum Gasteiger partial charge on any atom is -0.497 e. The lowest BCUT2D eigenvalue weighted by Crippen LogP contribution is -2.80. The van der Waals surface area contributed by atoms with Gasteiger partial charge < -0.3 is 14.8 Å². The molecule has 0 radical (unpaired) electrons. The van der Waals surface area contributed by atoms with Crippen LogP contribution in [0.4, 0.5) is 0 Å². The van der Waals surface area contributed by atoms with Crippen LogP contribution in [0.25, 0.3) is 0 Å². The second-order valence-corrected chi connectivity index (χ2v) is 2.72. The van der Waals surface area contributed by atoms with Crippen molar-refractivity contribution in [1.82, 2.24) is 0 Å². The minimum absolute atomic E-state index is 0.739. The quantitative estimate of drug-likeness (QED) is 0.663. The summed E-state index contributed by atoms with van der Waals surface area (Å²) in [7, 11) is 3.68. The number of benzene rings is 1. The Morgan fingerprint density at radius 1 is 1.15 bits per heavy atom. The predicted octanol–water partition coefficient (Wildman–Crippen LogP) is 0.267. The summed E-state index contributed by atoms with van der Waals surface area (Å²) in [5, 5.41) is 2.09. The monoisotopic (exact) mass is 182 g/mol. The Morgan fingerprint density at radius 2 is 1.77 bits per heavy atom. The second-order valence-electron chi connectivity index (χ2n) is 2.72. The molecular formula is C10H16NO2+. The first-order chi connectivity index (χ1) is 6.36. The largest absolute Gasteiger partial charge is 0.497 e. The third-order valence-electron chi connectivity index (χ3n) is 1.73. The highest BCUT2D eigenvalue weighted by atomic mass is 16.5. The molecule has 2 N–H and O–H groups in total. The van der Waals surface area contributed by atoms with Crippen molar-refractivity contribution < 1.29 is 14.8 Å². The van der Waals surface area contributed by atoms with E-state index in [-0.39, 0.29) is 0 Å². The number of nitrogens with two attached hydrogens (primary N) is 1. The van der Waals surface area contributed by atoms with Crippen molar-refractivity contribution in [3.8, 4) is 11.5 Å². The van der Waals surface area contributed by atoms with Gasteiger partial charge in [0.2, 0.25) is 0 Å². The molecule has 1 aromatic rings. The normalized spacial score (nSPS) is 9.69. The number of ether oxygens (including phenoxy) is 2. The van der Waals surface area contributed by atoms with Gasteiger partial charge in [-0.05, 0) is 24.3 Å². The van der Waals surface area contributed by atoms with E-state index in [4.69, 9.17) is 9.47 Å². The first kappa shape index (κ1) is 9.86. The summed E-state index contributed by atoms with van der Waals surface area (Å²) in [4.78, 5) is 0. The summed E-state index contributed by atoms with van der Waals surface area (Å²) in [5.74, 6) is 1.75. The van der Waals surface area contributed by atoms with Crippen molar-refractivity contribution in [3.63, 3.8) is 0 Å². The maximum Gasteiger partial charge on any atom is 0.137 e. The number of rotatable bonds is 5. The van der Waals surface area contributed by atoms with E-state index < -0.39 is 0 Å². The molecule has 0 saturated carbocycles. The van der Waals surface area contributed by atoms with Gasteiger partial charge in [0.15, 0.2) is 0 Å². The zero-order valence-electron chi connectivity index (χ0n) is 8.12. The van der Waals surface area contributed by atoms with Crippen LogP contribution in [0.15, 0.2) is 24.3 Å². The topological polar surface area (TPSA) is 35.1 Å². The lowest BCUT2D eigenvalue weighted by molar-refractivity contribution is -0.627. The average molecular weight is 182 g/mol. The molecular weight excluding hydrogens is 166 g/mol. The molecule has 72 valence electrons. The fraction of sp³-hybridized carbons (Fsp3) is 0.400. The summed E-state index contributed by atoms with van der Waals surface area (Å²) in [6, 6.07) is 7.61. The van der Waals surface area contributed by atoms with E-state index in [2.05, 4.69) is 5.32 Å².